The minimum atomic E-state index is -1.07. The van der Waals surface area contributed by atoms with Crippen LogP contribution in [-0.2, 0) is 9.59 Å². The van der Waals surface area contributed by atoms with Gasteiger partial charge in [0.25, 0.3) is 5.91 Å². The highest BCUT2D eigenvalue weighted by Gasteiger charge is 2.45. The van der Waals surface area contributed by atoms with Crippen molar-refractivity contribution in [3.8, 4) is 5.75 Å². The summed E-state index contributed by atoms with van der Waals surface area (Å²) in [5, 5.41) is 9.56. The van der Waals surface area contributed by atoms with Crippen LogP contribution in [0.5, 0.6) is 5.75 Å². The first-order chi connectivity index (χ1) is 10.1. The van der Waals surface area contributed by atoms with Crippen molar-refractivity contribution in [2.75, 3.05) is 13.7 Å². The fourth-order valence-electron chi connectivity index (χ4n) is 2.83. The smallest absolute Gasteiger partial charge is 0.329 e. The molecule has 0 saturated heterocycles. The first kappa shape index (κ1) is 15.4. The monoisotopic (exact) mass is 291 g/mol. The molecular weight excluding hydrogens is 270 g/mol. The summed E-state index contributed by atoms with van der Waals surface area (Å²) in [6.45, 7) is -0.143. The zero-order chi connectivity index (χ0) is 15.3. The van der Waals surface area contributed by atoms with Gasteiger partial charge in [0.05, 0.1) is 0 Å². The van der Waals surface area contributed by atoms with Gasteiger partial charge in [0, 0.05) is 7.05 Å². The van der Waals surface area contributed by atoms with Crippen LogP contribution in [0.2, 0.25) is 0 Å². The standard InChI is InChI=1S/C16H21NO4/c1-17(16(15(19)20)10-6-3-7-11-16)14(18)12-21-13-8-4-2-5-9-13/h2,4-5,8-9H,3,6-7,10-12H2,1H3,(H,19,20). The van der Waals surface area contributed by atoms with Gasteiger partial charge in [-0.05, 0) is 25.0 Å². The molecule has 0 aromatic heterocycles. The molecule has 0 aliphatic heterocycles. The van der Waals surface area contributed by atoms with Crippen molar-refractivity contribution in [3.05, 3.63) is 30.3 Å². The van der Waals surface area contributed by atoms with E-state index in [1.807, 2.05) is 18.2 Å². The summed E-state index contributed by atoms with van der Waals surface area (Å²) in [7, 11) is 1.57. The third kappa shape index (κ3) is 3.35. The van der Waals surface area contributed by atoms with Gasteiger partial charge in [0.15, 0.2) is 6.61 Å². The number of carbonyl (C=O) groups is 2. The zero-order valence-electron chi connectivity index (χ0n) is 12.2. The highest BCUT2D eigenvalue weighted by atomic mass is 16.5. The molecule has 1 aromatic rings. The van der Waals surface area contributed by atoms with E-state index in [0.717, 1.165) is 19.3 Å². The van der Waals surface area contributed by atoms with E-state index < -0.39 is 11.5 Å². The molecule has 1 aromatic carbocycles. The molecule has 1 amide bonds. The summed E-state index contributed by atoms with van der Waals surface area (Å²) in [6.07, 6.45) is 3.72. The Bertz CT molecular complexity index is 494. The van der Waals surface area contributed by atoms with Gasteiger partial charge in [0.1, 0.15) is 11.3 Å². The number of hydrogen-bond acceptors (Lipinski definition) is 3. The number of carboxylic acids is 1. The van der Waals surface area contributed by atoms with Crippen LogP contribution < -0.4 is 4.74 Å². The minimum Gasteiger partial charge on any atom is -0.484 e. The van der Waals surface area contributed by atoms with Gasteiger partial charge >= 0.3 is 5.97 Å². The van der Waals surface area contributed by atoms with Crippen LogP contribution >= 0.6 is 0 Å². The first-order valence-corrected chi connectivity index (χ1v) is 7.24. The largest absolute Gasteiger partial charge is 0.484 e. The van der Waals surface area contributed by atoms with E-state index in [-0.39, 0.29) is 12.5 Å². The van der Waals surface area contributed by atoms with Gasteiger partial charge in [-0.25, -0.2) is 4.79 Å². The Labute approximate surface area is 124 Å². The zero-order valence-corrected chi connectivity index (χ0v) is 12.2. The van der Waals surface area contributed by atoms with Crippen LogP contribution in [0.1, 0.15) is 32.1 Å². The van der Waals surface area contributed by atoms with Crippen molar-refractivity contribution in [1.82, 2.24) is 4.90 Å². The molecule has 114 valence electrons. The quantitative estimate of drug-likeness (QED) is 0.904. The Balaban J connectivity index is 2.01. The fourth-order valence-corrected chi connectivity index (χ4v) is 2.83. The number of carboxylic acid groups (broad SMARTS) is 1. The van der Waals surface area contributed by atoms with Crippen molar-refractivity contribution in [2.24, 2.45) is 0 Å². The second-order valence-corrected chi connectivity index (χ2v) is 5.45. The van der Waals surface area contributed by atoms with Crippen LogP contribution in [0, 0.1) is 0 Å². The van der Waals surface area contributed by atoms with Gasteiger partial charge in [0.2, 0.25) is 0 Å². The van der Waals surface area contributed by atoms with Crippen molar-refractivity contribution < 1.29 is 19.4 Å². The predicted molar refractivity (Wildman–Crippen MR) is 78.2 cm³/mol. The molecule has 1 fully saturated rings. The number of carbonyl (C=O) groups excluding carboxylic acids is 1. The Morgan fingerprint density at radius 3 is 2.38 bits per heavy atom. The average molecular weight is 291 g/mol. The molecule has 0 bridgehead atoms. The minimum absolute atomic E-state index is 0.143. The lowest BCUT2D eigenvalue weighted by molar-refractivity contribution is -0.161. The Kier molecular flexibility index (Phi) is 4.83. The van der Waals surface area contributed by atoms with Crippen LogP contribution in [0.3, 0.4) is 0 Å². The SMILES string of the molecule is CN(C(=O)COc1ccccc1)C1(C(=O)O)CCCCC1. The number of rotatable bonds is 5. The number of likely N-dealkylation sites (N-methyl/N-ethyl adjacent to an activating group) is 1. The normalized spacial score (nSPS) is 17.0. The predicted octanol–water partition coefficient (Wildman–Crippen LogP) is 2.31. The molecule has 1 N–H and O–H groups in total. The summed E-state index contributed by atoms with van der Waals surface area (Å²) in [5.41, 5.74) is -1.07. The maximum atomic E-state index is 12.3. The number of hydrogen-bond donors (Lipinski definition) is 1. The summed E-state index contributed by atoms with van der Waals surface area (Å²) in [6, 6.07) is 9.04. The maximum absolute atomic E-state index is 12.3. The van der Waals surface area contributed by atoms with Crippen molar-refractivity contribution in [2.45, 2.75) is 37.6 Å². The molecule has 21 heavy (non-hydrogen) atoms. The van der Waals surface area contributed by atoms with Gasteiger partial charge in [-0.15, -0.1) is 0 Å². The van der Waals surface area contributed by atoms with E-state index in [9.17, 15) is 14.7 Å². The third-order valence-electron chi connectivity index (χ3n) is 4.20. The number of ether oxygens (including phenoxy) is 1. The summed E-state index contributed by atoms with van der Waals surface area (Å²) in [5.74, 6) is -0.617. The Morgan fingerprint density at radius 2 is 1.81 bits per heavy atom. The van der Waals surface area contributed by atoms with Crippen LogP contribution in [-0.4, -0.2) is 41.1 Å². The van der Waals surface area contributed by atoms with E-state index in [1.54, 1.807) is 19.2 Å². The molecule has 5 nitrogen and oxygen atoms in total. The number of amides is 1. The van der Waals surface area contributed by atoms with Crippen molar-refractivity contribution in [3.63, 3.8) is 0 Å². The Morgan fingerprint density at radius 1 is 1.19 bits per heavy atom. The lowest BCUT2D eigenvalue weighted by atomic mass is 9.80. The summed E-state index contributed by atoms with van der Waals surface area (Å²) in [4.78, 5) is 25.3. The van der Waals surface area contributed by atoms with Crippen molar-refractivity contribution >= 4 is 11.9 Å². The maximum Gasteiger partial charge on any atom is 0.329 e. The molecule has 0 atom stereocenters. The number of benzene rings is 1. The van der Waals surface area contributed by atoms with E-state index in [2.05, 4.69) is 0 Å². The van der Waals surface area contributed by atoms with E-state index >= 15 is 0 Å². The van der Waals surface area contributed by atoms with Crippen molar-refractivity contribution in [1.29, 1.82) is 0 Å². The fraction of sp³-hybridized carbons (Fsp3) is 0.500. The topological polar surface area (TPSA) is 66.8 Å². The van der Waals surface area contributed by atoms with E-state index in [0.29, 0.717) is 18.6 Å². The molecule has 0 radical (unpaired) electrons. The van der Waals surface area contributed by atoms with E-state index in [4.69, 9.17) is 4.74 Å². The van der Waals surface area contributed by atoms with Gasteiger partial charge in [-0.2, -0.15) is 0 Å². The van der Waals surface area contributed by atoms with Gasteiger partial charge in [-0.3, -0.25) is 4.79 Å². The first-order valence-electron chi connectivity index (χ1n) is 7.24. The lowest BCUT2D eigenvalue weighted by Crippen LogP contribution is -2.57. The second kappa shape index (κ2) is 6.61. The third-order valence-corrected chi connectivity index (χ3v) is 4.20. The molecule has 2 rings (SSSR count). The Hall–Kier alpha value is -2.04. The molecular formula is C16H21NO4. The molecule has 1 aliphatic carbocycles. The molecule has 0 unspecified atom stereocenters. The van der Waals surface area contributed by atoms with Crippen LogP contribution in [0.25, 0.3) is 0 Å². The van der Waals surface area contributed by atoms with Crippen LogP contribution in [0.15, 0.2) is 30.3 Å². The molecule has 0 heterocycles. The van der Waals surface area contributed by atoms with Gasteiger partial charge < -0.3 is 14.7 Å². The molecule has 1 aliphatic rings. The van der Waals surface area contributed by atoms with Gasteiger partial charge in [-0.1, -0.05) is 37.5 Å². The lowest BCUT2D eigenvalue weighted by Gasteiger charge is -2.40. The summed E-state index contributed by atoms with van der Waals surface area (Å²) < 4.78 is 5.42. The molecule has 5 heteroatoms. The molecule has 0 spiro atoms. The van der Waals surface area contributed by atoms with E-state index in [1.165, 1.54) is 4.90 Å². The summed E-state index contributed by atoms with van der Waals surface area (Å²) >= 11 is 0. The number of nitrogens with zero attached hydrogens (tertiary/aromatic N) is 1. The number of para-hydroxylation sites is 1. The van der Waals surface area contributed by atoms with Crippen LogP contribution in [0.4, 0.5) is 0 Å². The average Bonchev–Trinajstić information content (AvgIpc) is 2.53. The molecule has 1 saturated carbocycles. The second-order valence-electron chi connectivity index (χ2n) is 5.45. The highest BCUT2D eigenvalue weighted by Crippen LogP contribution is 2.33. The number of aliphatic carboxylic acids is 1. The highest BCUT2D eigenvalue weighted by molar-refractivity contribution is 5.87.